The van der Waals surface area contributed by atoms with E-state index < -0.39 is 10.8 Å². The molecule has 0 saturated carbocycles. The van der Waals surface area contributed by atoms with Crippen LogP contribution in [-0.4, -0.2) is 34.4 Å². The molecule has 126 valence electrons. The summed E-state index contributed by atoms with van der Waals surface area (Å²) >= 11 is 0. The Bertz CT molecular complexity index is 740. The lowest BCUT2D eigenvalue weighted by atomic mass is 10.2. The molecule has 1 atom stereocenters. The van der Waals surface area contributed by atoms with Crippen LogP contribution in [0.1, 0.15) is 28.8 Å². The van der Waals surface area contributed by atoms with Crippen LogP contribution in [0.25, 0.3) is 0 Å². The Morgan fingerprint density at radius 3 is 2.58 bits per heavy atom. The average molecular weight is 343 g/mol. The molecule has 1 fully saturated rings. The van der Waals surface area contributed by atoms with Crippen molar-refractivity contribution in [3.05, 3.63) is 53.7 Å². The van der Waals surface area contributed by atoms with Crippen LogP contribution in [0.3, 0.4) is 0 Å². The predicted molar refractivity (Wildman–Crippen MR) is 95.6 cm³/mol. The van der Waals surface area contributed by atoms with Gasteiger partial charge in [0.25, 0.3) is 5.91 Å². The number of hydrogen-bond acceptors (Lipinski definition) is 4. The van der Waals surface area contributed by atoms with Crippen LogP contribution >= 0.6 is 0 Å². The first-order valence-electron chi connectivity index (χ1n) is 8.05. The van der Waals surface area contributed by atoms with Gasteiger partial charge in [0, 0.05) is 53.3 Å². The van der Waals surface area contributed by atoms with Crippen LogP contribution in [0, 0.1) is 0 Å². The van der Waals surface area contributed by atoms with E-state index in [0.717, 1.165) is 29.4 Å². The number of nitrogens with one attached hydrogen (secondary N) is 1. The van der Waals surface area contributed by atoms with Crippen molar-refractivity contribution in [1.29, 1.82) is 0 Å². The van der Waals surface area contributed by atoms with Crippen molar-refractivity contribution in [3.63, 3.8) is 0 Å². The van der Waals surface area contributed by atoms with E-state index in [0.29, 0.717) is 12.1 Å². The molecule has 1 aliphatic heterocycles. The lowest BCUT2D eigenvalue weighted by Crippen LogP contribution is -2.23. The van der Waals surface area contributed by atoms with Gasteiger partial charge in [0.2, 0.25) is 0 Å². The number of carbonyl (C=O) groups is 1. The van der Waals surface area contributed by atoms with Gasteiger partial charge in [-0.15, -0.1) is 0 Å². The first-order valence-corrected chi connectivity index (χ1v) is 9.61. The molecule has 1 N–H and O–H groups in total. The molecule has 5 nitrogen and oxygen atoms in total. The number of hydrogen-bond donors (Lipinski definition) is 1. The topological polar surface area (TPSA) is 62.3 Å². The maximum Gasteiger partial charge on any atom is 0.251 e. The van der Waals surface area contributed by atoms with Crippen molar-refractivity contribution >= 4 is 22.5 Å². The Balaban J connectivity index is 1.61. The summed E-state index contributed by atoms with van der Waals surface area (Å²) in [6.45, 7) is 2.56. The second-order valence-corrected chi connectivity index (χ2v) is 7.26. The van der Waals surface area contributed by atoms with Gasteiger partial charge in [0.1, 0.15) is 5.82 Å². The van der Waals surface area contributed by atoms with Crippen molar-refractivity contribution in [2.45, 2.75) is 24.3 Å². The Hall–Kier alpha value is -2.21. The highest BCUT2D eigenvalue weighted by Gasteiger charge is 2.14. The normalized spacial score (nSPS) is 15.3. The molecule has 1 amide bonds. The van der Waals surface area contributed by atoms with Crippen molar-refractivity contribution in [1.82, 2.24) is 10.3 Å². The minimum absolute atomic E-state index is 0.136. The summed E-state index contributed by atoms with van der Waals surface area (Å²) in [6.07, 6.45) is 5.83. The first-order chi connectivity index (χ1) is 11.6. The van der Waals surface area contributed by atoms with E-state index >= 15 is 0 Å². The molecule has 0 aliphatic carbocycles. The van der Waals surface area contributed by atoms with E-state index in [2.05, 4.69) is 15.2 Å². The number of aromatic nitrogens is 1. The van der Waals surface area contributed by atoms with Crippen LogP contribution in [0.2, 0.25) is 0 Å². The van der Waals surface area contributed by atoms with Crippen molar-refractivity contribution < 1.29 is 9.00 Å². The van der Waals surface area contributed by atoms with Crippen LogP contribution in [0.5, 0.6) is 0 Å². The molecule has 6 heteroatoms. The maximum atomic E-state index is 12.2. The number of amides is 1. The minimum Gasteiger partial charge on any atom is -0.357 e. The lowest BCUT2D eigenvalue weighted by Gasteiger charge is -2.17. The maximum absolute atomic E-state index is 12.2. The standard InChI is InChI=1S/C18H21N3O2S/c1-24(23)16-6-4-15(5-7-16)18(22)20-13-14-8-9-19-17(12-14)21-10-2-3-11-21/h4-9,12H,2-3,10-11,13H2,1H3,(H,20,22). The van der Waals surface area contributed by atoms with Crippen molar-refractivity contribution in [2.24, 2.45) is 0 Å². The van der Waals surface area contributed by atoms with Gasteiger partial charge >= 0.3 is 0 Å². The number of carbonyl (C=O) groups excluding carboxylic acids is 1. The summed E-state index contributed by atoms with van der Waals surface area (Å²) < 4.78 is 11.4. The molecule has 0 bridgehead atoms. The quantitative estimate of drug-likeness (QED) is 0.905. The molecule has 1 saturated heterocycles. The first kappa shape index (κ1) is 16.6. The van der Waals surface area contributed by atoms with E-state index in [-0.39, 0.29) is 5.91 Å². The minimum atomic E-state index is -1.03. The van der Waals surface area contributed by atoms with Crippen LogP contribution < -0.4 is 10.2 Å². The second kappa shape index (κ2) is 7.57. The number of benzene rings is 1. The molecule has 1 aromatic heterocycles. The zero-order valence-electron chi connectivity index (χ0n) is 13.7. The van der Waals surface area contributed by atoms with Crippen LogP contribution in [-0.2, 0) is 17.3 Å². The zero-order chi connectivity index (χ0) is 16.9. The smallest absolute Gasteiger partial charge is 0.251 e. The molecular weight excluding hydrogens is 322 g/mol. The van der Waals surface area contributed by atoms with E-state index in [1.54, 1.807) is 36.7 Å². The number of anilines is 1. The van der Waals surface area contributed by atoms with Crippen LogP contribution in [0.4, 0.5) is 5.82 Å². The van der Waals surface area contributed by atoms with Gasteiger partial charge in [0.05, 0.1) is 0 Å². The molecule has 1 unspecified atom stereocenters. The van der Waals surface area contributed by atoms with Gasteiger partial charge in [-0.1, -0.05) is 0 Å². The highest BCUT2D eigenvalue weighted by Crippen LogP contribution is 2.18. The summed E-state index contributed by atoms with van der Waals surface area (Å²) in [4.78, 5) is 19.6. The molecule has 3 rings (SSSR count). The Morgan fingerprint density at radius 1 is 1.21 bits per heavy atom. The number of rotatable bonds is 5. The van der Waals surface area contributed by atoms with Gasteiger partial charge in [-0.25, -0.2) is 4.98 Å². The molecule has 1 aliphatic rings. The number of pyridine rings is 1. The summed E-state index contributed by atoms with van der Waals surface area (Å²) in [5.74, 6) is 0.844. The monoisotopic (exact) mass is 343 g/mol. The van der Waals surface area contributed by atoms with Gasteiger partial charge in [-0.3, -0.25) is 9.00 Å². The second-order valence-electron chi connectivity index (χ2n) is 5.88. The molecule has 0 spiro atoms. The van der Waals surface area contributed by atoms with E-state index in [4.69, 9.17) is 0 Å². The summed E-state index contributed by atoms with van der Waals surface area (Å²) in [6, 6.07) is 10.8. The zero-order valence-corrected chi connectivity index (χ0v) is 14.5. The molecule has 1 aromatic carbocycles. The molecule has 2 heterocycles. The summed E-state index contributed by atoms with van der Waals surface area (Å²) in [5.41, 5.74) is 1.60. The van der Waals surface area contributed by atoms with Crippen molar-refractivity contribution in [2.75, 3.05) is 24.2 Å². The fraction of sp³-hybridized carbons (Fsp3) is 0.333. The Labute approximate surface area is 144 Å². The third-order valence-corrected chi connectivity index (χ3v) is 5.08. The van der Waals surface area contributed by atoms with Gasteiger partial charge < -0.3 is 10.2 Å². The summed E-state index contributed by atoms with van der Waals surface area (Å²) in [7, 11) is -1.03. The van der Waals surface area contributed by atoms with Gasteiger partial charge in [-0.2, -0.15) is 0 Å². The average Bonchev–Trinajstić information content (AvgIpc) is 3.15. The molecule has 24 heavy (non-hydrogen) atoms. The third kappa shape index (κ3) is 4.00. The number of nitrogens with zero attached hydrogens (tertiary/aromatic N) is 2. The lowest BCUT2D eigenvalue weighted by molar-refractivity contribution is 0.0951. The fourth-order valence-electron chi connectivity index (χ4n) is 2.77. The summed E-state index contributed by atoms with van der Waals surface area (Å²) in [5, 5.41) is 2.92. The van der Waals surface area contributed by atoms with Gasteiger partial charge in [0.15, 0.2) is 0 Å². The van der Waals surface area contributed by atoms with Gasteiger partial charge in [-0.05, 0) is 54.8 Å². The molecule has 0 radical (unpaired) electrons. The predicted octanol–water partition coefficient (Wildman–Crippen LogP) is 2.35. The SMILES string of the molecule is CS(=O)c1ccc(C(=O)NCc2ccnc(N3CCCC3)c2)cc1. The fourth-order valence-corrected chi connectivity index (χ4v) is 3.29. The highest BCUT2D eigenvalue weighted by atomic mass is 32.2. The van der Waals surface area contributed by atoms with E-state index in [1.807, 2.05) is 12.1 Å². The van der Waals surface area contributed by atoms with Crippen LogP contribution in [0.15, 0.2) is 47.5 Å². The third-order valence-electron chi connectivity index (χ3n) is 4.14. The Kier molecular flexibility index (Phi) is 5.25. The van der Waals surface area contributed by atoms with Crippen molar-refractivity contribution in [3.8, 4) is 0 Å². The highest BCUT2D eigenvalue weighted by molar-refractivity contribution is 7.84. The molecular formula is C18H21N3O2S. The Morgan fingerprint density at radius 2 is 1.92 bits per heavy atom. The van der Waals surface area contributed by atoms with E-state index in [1.165, 1.54) is 12.8 Å². The molecule has 2 aromatic rings. The van der Waals surface area contributed by atoms with E-state index in [9.17, 15) is 9.00 Å². The largest absolute Gasteiger partial charge is 0.357 e.